The van der Waals surface area contributed by atoms with Gasteiger partial charge in [-0.15, -0.1) is 11.3 Å². The molecule has 90 valence electrons. The number of hydrogen-bond donors (Lipinski definition) is 1. The lowest BCUT2D eigenvalue weighted by atomic mass is 10.1. The van der Waals surface area contributed by atoms with Crippen LogP contribution in [0.3, 0.4) is 0 Å². The fourth-order valence-corrected chi connectivity index (χ4v) is 4.36. The van der Waals surface area contributed by atoms with Crippen LogP contribution < -0.4 is 10.3 Å². The molecule has 1 N–H and O–H groups in total. The Labute approximate surface area is 118 Å². The number of alkyl halides is 1. The van der Waals surface area contributed by atoms with Gasteiger partial charge in [0.15, 0.2) is 5.75 Å². The average molecular weight is 379 g/mol. The SMILES string of the molecule is O=c1[nH]c(CBr)c2c3c(c(Br)sc13)OCCC2. The molecule has 2 aromatic heterocycles. The van der Waals surface area contributed by atoms with Crippen molar-refractivity contribution >= 4 is 53.3 Å². The number of nitrogens with one attached hydrogen (secondary N) is 1. The fraction of sp³-hybridized carbons (Fsp3) is 0.364. The lowest BCUT2D eigenvalue weighted by Gasteiger charge is -2.06. The third-order valence-corrected chi connectivity index (χ3v) is 5.28. The van der Waals surface area contributed by atoms with Crippen molar-refractivity contribution in [2.45, 2.75) is 18.2 Å². The van der Waals surface area contributed by atoms with Crippen molar-refractivity contribution in [2.75, 3.05) is 6.61 Å². The van der Waals surface area contributed by atoms with Crippen molar-refractivity contribution in [2.24, 2.45) is 0 Å². The van der Waals surface area contributed by atoms with Crippen molar-refractivity contribution in [1.82, 2.24) is 4.98 Å². The molecule has 0 radical (unpaired) electrons. The topological polar surface area (TPSA) is 42.1 Å². The van der Waals surface area contributed by atoms with E-state index in [1.54, 1.807) is 0 Å². The molecule has 2 aromatic rings. The maximum Gasteiger partial charge on any atom is 0.266 e. The number of pyridine rings is 1. The van der Waals surface area contributed by atoms with E-state index in [9.17, 15) is 4.79 Å². The maximum atomic E-state index is 12.0. The third-order valence-electron chi connectivity index (χ3n) is 2.91. The highest BCUT2D eigenvalue weighted by molar-refractivity contribution is 9.11. The van der Waals surface area contributed by atoms with E-state index >= 15 is 0 Å². The zero-order valence-electron chi connectivity index (χ0n) is 8.81. The number of aromatic nitrogens is 1. The van der Waals surface area contributed by atoms with Crippen LogP contribution in [0.25, 0.3) is 10.1 Å². The van der Waals surface area contributed by atoms with Gasteiger partial charge in [0.05, 0.1) is 6.61 Å². The number of aryl methyl sites for hydroxylation is 1. The molecule has 0 atom stereocenters. The number of H-pyrrole nitrogens is 1. The molecule has 0 saturated carbocycles. The van der Waals surface area contributed by atoms with Crippen LogP contribution in [0.5, 0.6) is 5.75 Å². The van der Waals surface area contributed by atoms with E-state index in [-0.39, 0.29) is 5.56 Å². The quantitative estimate of drug-likeness (QED) is 0.770. The molecule has 0 bridgehead atoms. The summed E-state index contributed by atoms with van der Waals surface area (Å²) in [7, 11) is 0. The average Bonchev–Trinajstić information content (AvgIpc) is 2.52. The van der Waals surface area contributed by atoms with Crippen LogP contribution >= 0.6 is 43.2 Å². The van der Waals surface area contributed by atoms with E-state index < -0.39 is 0 Å². The van der Waals surface area contributed by atoms with Gasteiger partial charge >= 0.3 is 0 Å². The Morgan fingerprint density at radius 1 is 1.47 bits per heavy atom. The van der Waals surface area contributed by atoms with E-state index in [1.165, 1.54) is 16.9 Å². The zero-order chi connectivity index (χ0) is 12.0. The summed E-state index contributed by atoms with van der Waals surface area (Å²) in [6.07, 6.45) is 1.93. The van der Waals surface area contributed by atoms with Gasteiger partial charge in [-0.3, -0.25) is 4.79 Å². The highest BCUT2D eigenvalue weighted by Crippen LogP contribution is 2.44. The van der Waals surface area contributed by atoms with Gasteiger partial charge in [-0.25, -0.2) is 0 Å². The summed E-state index contributed by atoms with van der Waals surface area (Å²) < 4.78 is 7.41. The minimum Gasteiger partial charge on any atom is -0.491 e. The number of hydrogen-bond acceptors (Lipinski definition) is 3. The summed E-state index contributed by atoms with van der Waals surface area (Å²) in [5.41, 5.74) is 2.16. The van der Waals surface area contributed by atoms with Gasteiger partial charge in [0.1, 0.15) is 8.49 Å². The van der Waals surface area contributed by atoms with Crippen LogP contribution in [0.15, 0.2) is 8.58 Å². The molecular formula is C11H9Br2NO2S. The summed E-state index contributed by atoms with van der Waals surface area (Å²) >= 11 is 8.36. The van der Waals surface area contributed by atoms with Crippen LogP contribution in [0.1, 0.15) is 17.7 Å². The minimum absolute atomic E-state index is 0.0272. The number of ether oxygens (including phenoxy) is 1. The standard InChI is InChI=1S/C11H9Br2NO2S/c12-4-6-5-2-1-3-16-8-7(5)9(11(15)14-6)17-10(8)13/h1-4H2,(H,14,15). The molecule has 0 aromatic carbocycles. The second kappa shape index (κ2) is 4.40. The van der Waals surface area contributed by atoms with E-state index in [0.717, 1.165) is 38.2 Å². The van der Waals surface area contributed by atoms with Gasteiger partial charge in [-0.1, -0.05) is 15.9 Å². The first-order chi connectivity index (χ1) is 8.22. The lowest BCUT2D eigenvalue weighted by molar-refractivity contribution is 0.319. The smallest absolute Gasteiger partial charge is 0.266 e. The second-order valence-electron chi connectivity index (χ2n) is 3.91. The van der Waals surface area contributed by atoms with E-state index in [0.29, 0.717) is 11.9 Å². The van der Waals surface area contributed by atoms with E-state index in [2.05, 4.69) is 36.8 Å². The number of aromatic amines is 1. The predicted molar refractivity (Wildman–Crippen MR) is 76.6 cm³/mol. The zero-order valence-corrected chi connectivity index (χ0v) is 12.8. The molecule has 3 rings (SSSR count). The van der Waals surface area contributed by atoms with Crippen molar-refractivity contribution in [3.8, 4) is 5.75 Å². The van der Waals surface area contributed by atoms with Gasteiger partial charge in [0.2, 0.25) is 0 Å². The first-order valence-electron chi connectivity index (χ1n) is 5.27. The summed E-state index contributed by atoms with van der Waals surface area (Å²) in [6.45, 7) is 0.703. The Hall–Kier alpha value is -0.330. The predicted octanol–water partition coefficient (Wildman–Crippen LogP) is 3.57. The van der Waals surface area contributed by atoms with Crippen LogP contribution in [-0.4, -0.2) is 11.6 Å². The van der Waals surface area contributed by atoms with Crippen LogP contribution in [-0.2, 0) is 11.8 Å². The monoisotopic (exact) mass is 377 g/mol. The summed E-state index contributed by atoms with van der Waals surface area (Å²) in [4.78, 5) is 14.9. The Kier molecular flexibility index (Phi) is 3.04. The summed E-state index contributed by atoms with van der Waals surface area (Å²) in [6, 6.07) is 0. The van der Waals surface area contributed by atoms with E-state index in [4.69, 9.17) is 4.74 Å². The Morgan fingerprint density at radius 2 is 2.29 bits per heavy atom. The highest BCUT2D eigenvalue weighted by atomic mass is 79.9. The van der Waals surface area contributed by atoms with Gasteiger partial charge < -0.3 is 9.72 Å². The Morgan fingerprint density at radius 3 is 3.06 bits per heavy atom. The van der Waals surface area contributed by atoms with Crippen molar-refractivity contribution < 1.29 is 4.74 Å². The largest absolute Gasteiger partial charge is 0.491 e. The van der Waals surface area contributed by atoms with Crippen molar-refractivity contribution in [1.29, 1.82) is 0 Å². The normalized spacial score (nSPS) is 14.7. The fourth-order valence-electron chi connectivity index (χ4n) is 2.18. The first kappa shape index (κ1) is 11.7. The molecule has 6 heteroatoms. The summed E-state index contributed by atoms with van der Waals surface area (Å²) in [5, 5.41) is 1.66. The van der Waals surface area contributed by atoms with Crippen LogP contribution in [0.4, 0.5) is 0 Å². The molecule has 0 amide bonds. The molecule has 17 heavy (non-hydrogen) atoms. The Bertz CT molecular complexity index is 647. The van der Waals surface area contributed by atoms with Crippen LogP contribution in [0.2, 0.25) is 0 Å². The number of halogens is 2. The van der Waals surface area contributed by atoms with E-state index in [1.807, 2.05) is 0 Å². The molecule has 0 spiro atoms. The van der Waals surface area contributed by atoms with Crippen molar-refractivity contribution in [3.05, 3.63) is 25.4 Å². The second-order valence-corrected chi connectivity index (χ2v) is 6.81. The van der Waals surface area contributed by atoms with Gasteiger partial charge in [0.25, 0.3) is 5.56 Å². The van der Waals surface area contributed by atoms with Gasteiger partial charge in [0, 0.05) is 16.4 Å². The third kappa shape index (κ3) is 1.77. The molecule has 0 aliphatic carbocycles. The van der Waals surface area contributed by atoms with Crippen molar-refractivity contribution in [3.63, 3.8) is 0 Å². The molecule has 1 aliphatic rings. The lowest BCUT2D eigenvalue weighted by Crippen LogP contribution is -2.10. The Balaban J connectivity index is 2.49. The molecule has 3 nitrogen and oxygen atoms in total. The molecular weight excluding hydrogens is 370 g/mol. The number of rotatable bonds is 1. The highest BCUT2D eigenvalue weighted by Gasteiger charge is 2.22. The molecule has 0 fully saturated rings. The molecule has 1 aliphatic heterocycles. The van der Waals surface area contributed by atoms with Crippen LogP contribution in [0, 0.1) is 0 Å². The molecule has 0 unspecified atom stereocenters. The molecule has 3 heterocycles. The first-order valence-corrected chi connectivity index (χ1v) is 8.00. The van der Waals surface area contributed by atoms with Gasteiger partial charge in [-0.05, 0) is 34.3 Å². The number of thiophene rings is 1. The minimum atomic E-state index is -0.0272. The molecule has 0 saturated heterocycles. The maximum absolute atomic E-state index is 12.0. The van der Waals surface area contributed by atoms with Gasteiger partial charge in [-0.2, -0.15) is 0 Å². The summed E-state index contributed by atoms with van der Waals surface area (Å²) in [5.74, 6) is 0.839.